The SMILES string of the molecule is Cc1cccc(C(=O)NC2CC3CCC(C2)N3)c1O. The summed E-state index contributed by atoms with van der Waals surface area (Å²) >= 11 is 0. The minimum atomic E-state index is -0.160. The first-order chi connectivity index (χ1) is 9.13. The number of hydrogen-bond acceptors (Lipinski definition) is 3. The second-order valence-electron chi connectivity index (χ2n) is 5.75. The zero-order valence-electron chi connectivity index (χ0n) is 11.1. The zero-order chi connectivity index (χ0) is 13.4. The van der Waals surface area contributed by atoms with Gasteiger partial charge in [-0.15, -0.1) is 0 Å². The van der Waals surface area contributed by atoms with Crippen LogP contribution in [0.25, 0.3) is 0 Å². The molecule has 2 aliphatic heterocycles. The van der Waals surface area contributed by atoms with E-state index in [1.165, 1.54) is 12.8 Å². The van der Waals surface area contributed by atoms with E-state index in [4.69, 9.17) is 0 Å². The van der Waals surface area contributed by atoms with Crippen molar-refractivity contribution in [1.82, 2.24) is 10.6 Å². The van der Waals surface area contributed by atoms with Crippen LogP contribution in [-0.2, 0) is 0 Å². The second-order valence-corrected chi connectivity index (χ2v) is 5.75. The molecule has 1 aromatic carbocycles. The predicted molar refractivity (Wildman–Crippen MR) is 73.3 cm³/mol. The smallest absolute Gasteiger partial charge is 0.255 e. The number of aromatic hydroxyl groups is 1. The van der Waals surface area contributed by atoms with E-state index >= 15 is 0 Å². The summed E-state index contributed by atoms with van der Waals surface area (Å²) in [6.45, 7) is 1.80. The van der Waals surface area contributed by atoms with E-state index in [-0.39, 0.29) is 17.7 Å². The van der Waals surface area contributed by atoms with E-state index in [0.29, 0.717) is 17.6 Å². The summed E-state index contributed by atoms with van der Waals surface area (Å²) in [5.74, 6) is -0.0654. The van der Waals surface area contributed by atoms with Crippen molar-refractivity contribution in [2.45, 2.75) is 50.7 Å². The van der Waals surface area contributed by atoms with E-state index in [1.807, 2.05) is 0 Å². The molecule has 4 nitrogen and oxygen atoms in total. The van der Waals surface area contributed by atoms with Crippen molar-refractivity contribution in [3.05, 3.63) is 29.3 Å². The van der Waals surface area contributed by atoms with E-state index < -0.39 is 0 Å². The molecule has 0 aliphatic carbocycles. The first-order valence-electron chi connectivity index (χ1n) is 6.99. The largest absolute Gasteiger partial charge is 0.507 e. The van der Waals surface area contributed by atoms with E-state index in [9.17, 15) is 9.90 Å². The lowest BCUT2D eigenvalue weighted by Gasteiger charge is -2.29. The van der Waals surface area contributed by atoms with Crippen molar-refractivity contribution in [3.8, 4) is 5.75 Å². The Morgan fingerprint density at radius 1 is 1.32 bits per heavy atom. The van der Waals surface area contributed by atoms with Crippen LogP contribution in [0.2, 0.25) is 0 Å². The molecule has 2 saturated heterocycles. The van der Waals surface area contributed by atoms with Gasteiger partial charge in [0.05, 0.1) is 5.56 Å². The molecule has 2 aliphatic rings. The molecular weight excluding hydrogens is 240 g/mol. The second kappa shape index (κ2) is 4.85. The van der Waals surface area contributed by atoms with Crippen molar-refractivity contribution < 1.29 is 9.90 Å². The van der Waals surface area contributed by atoms with Gasteiger partial charge in [-0.2, -0.15) is 0 Å². The average molecular weight is 260 g/mol. The molecule has 2 unspecified atom stereocenters. The van der Waals surface area contributed by atoms with Crippen molar-refractivity contribution in [2.75, 3.05) is 0 Å². The Labute approximate surface area is 113 Å². The van der Waals surface area contributed by atoms with Crippen molar-refractivity contribution >= 4 is 5.91 Å². The fourth-order valence-corrected chi connectivity index (χ4v) is 3.28. The number of fused-ring (bicyclic) bond motifs is 2. The average Bonchev–Trinajstić information content (AvgIpc) is 2.72. The highest BCUT2D eigenvalue weighted by Gasteiger charge is 2.34. The molecule has 2 fully saturated rings. The quantitative estimate of drug-likeness (QED) is 0.758. The molecule has 2 heterocycles. The molecule has 3 rings (SSSR count). The van der Waals surface area contributed by atoms with Gasteiger partial charge in [0.15, 0.2) is 0 Å². The van der Waals surface area contributed by atoms with Crippen LogP contribution in [-0.4, -0.2) is 29.1 Å². The minimum Gasteiger partial charge on any atom is -0.507 e. The third-order valence-corrected chi connectivity index (χ3v) is 4.29. The van der Waals surface area contributed by atoms with Crippen LogP contribution in [0.5, 0.6) is 5.75 Å². The van der Waals surface area contributed by atoms with Gasteiger partial charge in [-0.3, -0.25) is 4.79 Å². The number of hydrogen-bond donors (Lipinski definition) is 3. The molecule has 3 N–H and O–H groups in total. The number of amides is 1. The van der Waals surface area contributed by atoms with Crippen LogP contribution >= 0.6 is 0 Å². The fourth-order valence-electron chi connectivity index (χ4n) is 3.28. The van der Waals surface area contributed by atoms with Gasteiger partial charge < -0.3 is 15.7 Å². The zero-order valence-corrected chi connectivity index (χ0v) is 11.1. The molecule has 1 amide bonds. The Morgan fingerprint density at radius 2 is 2.00 bits per heavy atom. The third-order valence-electron chi connectivity index (χ3n) is 4.29. The predicted octanol–water partition coefficient (Wildman–Crippen LogP) is 1.71. The molecule has 1 aromatic rings. The highest BCUT2D eigenvalue weighted by Crippen LogP contribution is 2.27. The normalized spacial score (nSPS) is 29.2. The Bertz CT molecular complexity index is 489. The number of nitrogens with one attached hydrogen (secondary N) is 2. The highest BCUT2D eigenvalue weighted by molar-refractivity contribution is 5.97. The maximum absolute atomic E-state index is 12.2. The van der Waals surface area contributed by atoms with Crippen LogP contribution in [0.1, 0.15) is 41.6 Å². The number of phenolic OH excluding ortho intramolecular Hbond substituents is 1. The summed E-state index contributed by atoms with van der Waals surface area (Å²) in [7, 11) is 0. The van der Waals surface area contributed by atoms with Crippen LogP contribution in [0.3, 0.4) is 0 Å². The van der Waals surface area contributed by atoms with Crippen molar-refractivity contribution in [3.63, 3.8) is 0 Å². The summed E-state index contributed by atoms with van der Waals surface area (Å²) in [4.78, 5) is 12.2. The first-order valence-corrected chi connectivity index (χ1v) is 6.99. The van der Waals surface area contributed by atoms with Gasteiger partial charge >= 0.3 is 0 Å². The van der Waals surface area contributed by atoms with E-state index in [2.05, 4.69) is 10.6 Å². The number of carbonyl (C=O) groups excluding carboxylic acids is 1. The first kappa shape index (κ1) is 12.5. The van der Waals surface area contributed by atoms with Gasteiger partial charge in [-0.05, 0) is 44.2 Å². The number of piperidine rings is 1. The molecule has 2 atom stereocenters. The number of para-hydroxylation sites is 1. The Hall–Kier alpha value is -1.55. The molecule has 0 spiro atoms. The van der Waals surface area contributed by atoms with Gasteiger partial charge in [0.1, 0.15) is 5.75 Å². The molecule has 19 heavy (non-hydrogen) atoms. The monoisotopic (exact) mass is 260 g/mol. The third kappa shape index (κ3) is 2.45. The van der Waals surface area contributed by atoms with Gasteiger partial charge in [-0.25, -0.2) is 0 Å². The molecule has 0 radical (unpaired) electrons. The Balaban J connectivity index is 1.70. The number of phenols is 1. The lowest BCUT2D eigenvalue weighted by molar-refractivity contribution is 0.0921. The van der Waals surface area contributed by atoms with E-state index in [0.717, 1.165) is 18.4 Å². The highest BCUT2D eigenvalue weighted by atomic mass is 16.3. The van der Waals surface area contributed by atoms with Crippen molar-refractivity contribution in [2.24, 2.45) is 0 Å². The Morgan fingerprint density at radius 3 is 2.68 bits per heavy atom. The maximum Gasteiger partial charge on any atom is 0.255 e. The summed E-state index contributed by atoms with van der Waals surface area (Å²) in [5, 5.41) is 16.6. The van der Waals surface area contributed by atoms with Gasteiger partial charge in [0.25, 0.3) is 5.91 Å². The maximum atomic E-state index is 12.2. The number of benzene rings is 1. The fraction of sp³-hybridized carbons (Fsp3) is 0.533. The number of carbonyl (C=O) groups is 1. The molecule has 2 bridgehead atoms. The lowest BCUT2D eigenvalue weighted by atomic mass is 9.99. The summed E-state index contributed by atoms with van der Waals surface area (Å²) in [5.41, 5.74) is 1.11. The lowest BCUT2D eigenvalue weighted by Crippen LogP contribution is -2.48. The van der Waals surface area contributed by atoms with Gasteiger partial charge in [-0.1, -0.05) is 12.1 Å². The molecule has 4 heteroatoms. The van der Waals surface area contributed by atoms with Crippen LogP contribution in [0.4, 0.5) is 0 Å². The summed E-state index contributed by atoms with van der Waals surface area (Å²) < 4.78 is 0. The minimum absolute atomic E-state index is 0.0944. The molecule has 0 aromatic heterocycles. The molecule has 0 saturated carbocycles. The van der Waals surface area contributed by atoms with Crippen LogP contribution in [0, 0.1) is 6.92 Å². The van der Waals surface area contributed by atoms with E-state index in [1.54, 1.807) is 25.1 Å². The standard InChI is InChI=1S/C15H20N2O2/c1-9-3-2-4-13(14(9)18)15(19)17-12-7-10-5-6-11(8-12)16-10/h2-4,10-12,16,18H,5-8H2,1H3,(H,17,19). The Kier molecular flexibility index (Phi) is 3.19. The summed E-state index contributed by atoms with van der Waals surface area (Å²) in [6.07, 6.45) is 4.42. The topological polar surface area (TPSA) is 61.4 Å². The number of aryl methyl sites for hydroxylation is 1. The number of rotatable bonds is 2. The van der Waals surface area contributed by atoms with Crippen LogP contribution < -0.4 is 10.6 Å². The van der Waals surface area contributed by atoms with Crippen molar-refractivity contribution in [1.29, 1.82) is 0 Å². The molecule has 102 valence electrons. The van der Waals surface area contributed by atoms with Gasteiger partial charge in [0.2, 0.25) is 0 Å². The summed E-state index contributed by atoms with van der Waals surface area (Å²) in [6, 6.07) is 6.61. The van der Waals surface area contributed by atoms with Crippen LogP contribution in [0.15, 0.2) is 18.2 Å². The van der Waals surface area contributed by atoms with Gasteiger partial charge in [0, 0.05) is 18.1 Å². The molecular formula is C15H20N2O2.